The van der Waals surface area contributed by atoms with Gasteiger partial charge in [0.2, 0.25) is 5.91 Å². The SMILES string of the molecule is O=C(NC1CCN(CCC(c2ccccc2)c2ccccc2)C1=O)c1cc([N+](=O)[O-])ccc1Oc1cncc(Cl)c1. The maximum Gasteiger partial charge on any atom is 0.270 e. The average Bonchev–Trinajstić information content (AvgIpc) is 3.32. The molecule has 1 saturated heterocycles. The Hall–Kier alpha value is -4.76. The summed E-state index contributed by atoms with van der Waals surface area (Å²) in [5, 5.41) is 14.5. The number of benzene rings is 3. The number of carbonyl (C=O) groups is 2. The number of carbonyl (C=O) groups excluding carboxylic acids is 2. The molecule has 1 atom stereocenters. The van der Waals surface area contributed by atoms with E-state index < -0.39 is 16.9 Å². The highest BCUT2D eigenvalue weighted by molar-refractivity contribution is 6.30. The van der Waals surface area contributed by atoms with Crippen LogP contribution in [0.1, 0.15) is 40.2 Å². The molecule has 208 valence electrons. The molecule has 2 heterocycles. The summed E-state index contributed by atoms with van der Waals surface area (Å²) in [6.45, 7) is 1.01. The van der Waals surface area contributed by atoms with E-state index in [4.69, 9.17) is 16.3 Å². The fourth-order valence-corrected chi connectivity index (χ4v) is 5.15. The summed E-state index contributed by atoms with van der Waals surface area (Å²) in [5.41, 5.74) is 1.99. The summed E-state index contributed by atoms with van der Waals surface area (Å²) >= 11 is 5.98. The quantitative estimate of drug-likeness (QED) is 0.185. The molecule has 0 spiro atoms. The van der Waals surface area contributed by atoms with Crippen LogP contribution >= 0.6 is 11.6 Å². The van der Waals surface area contributed by atoms with Crippen molar-refractivity contribution in [3.8, 4) is 11.5 Å². The summed E-state index contributed by atoms with van der Waals surface area (Å²) in [6, 6.07) is 24.8. The number of hydrogen-bond donors (Lipinski definition) is 1. The Bertz CT molecular complexity index is 1510. The summed E-state index contributed by atoms with van der Waals surface area (Å²) < 4.78 is 5.78. The van der Waals surface area contributed by atoms with Gasteiger partial charge in [-0.05, 0) is 30.0 Å². The van der Waals surface area contributed by atoms with E-state index in [1.54, 1.807) is 4.90 Å². The van der Waals surface area contributed by atoms with Crippen molar-refractivity contribution in [3.05, 3.63) is 129 Å². The third-order valence-electron chi connectivity index (χ3n) is 7.02. The van der Waals surface area contributed by atoms with E-state index in [0.717, 1.165) is 12.5 Å². The second kappa shape index (κ2) is 12.6. The number of rotatable bonds is 10. The zero-order valence-corrected chi connectivity index (χ0v) is 22.7. The minimum absolute atomic E-state index is 0.0707. The summed E-state index contributed by atoms with van der Waals surface area (Å²) in [5.74, 6) is -0.386. The second-order valence-corrected chi connectivity index (χ2v) is 10.1. The number of hydrogen-bond acceptors (Lipinski definition) is 6. The average molecular weight is 571 g/mol. The van der Waals surface area contributed by atoms with E-state index in [2.05, 4.69) is 34.6 Å². The molecule has 9 nitrogen and oxygen atoms in total. The molecule has 3 aromatic carbocycles. The number of likely N-dealkylation sites (tertiary alicyclic amines) is 1. The molecular formula is C31H27ClN4O5. The lowest BCUT2D eigenvalue weighted by Crippen LogP contribution is -2.42. The van der Waals surface area contributed by atoms with Gasteiger partial charge in [0.15, 0.2) is 0 Å². The Labute approximate surface area is 241 Å². The summed E-state index contributed by atoms with van der Waals surface area (Å²) in [7, 11) is 0. The number of nitro groups is 1. The van der Waals surface area contributed by atoms with E-state index in [-0.39, 0.29) is 34.6 Å². The van der Waals surface area contributed by atoms with Crippen molar-refractivity contribution in [1.29, 1.82) is 0 Å². The molecule has 0 aliphatic carbocycles. The van der Waals surface area contributed by atoms with Gasteiger partial charge in [-0.25, -0.2) is 0 Å². The van der Waals surface area contributed by atoms with Crippen molar-refractivity contribution in [1.82, 2.24) is 15.2 Å². The zero-order chi connectivity index (χ0) is 28.8. The molecule has 41 heavy (non-hydrogen) atoms. The zero-order valence-electron chi connectivity index (χ0n) is 22.0. The molecule has 5 rings (SSSR count). The molecule has 1 aromatic heterocycles. The van der Waals surface area contributed by atoms with Crippen LogP contribution in [0, 0.1) is 10.1 Å². The molecule has 1 aliphatic heterocycles. The maximum absolute atomic E-state index is 13.3. The fraction of sp³-hybridized carbons (Fsp3) is 0.194. The predicted molar refractivity (Wildman–Crippen MR) is 154 cm³/mol. The van der Waals surface area contributed by atoms with Crippen LogP contribution < -0.4 is 10.1 Å². The Morgan fingerprint density at radius 2 is 1.73 bits per heavy atom. The van der Waals surface area contributed by atoms with Crippen LogP contribution in [0.5, 0.6) is 11.5 Å². The molecule has 0 bridgehead atoms. The Morgan fingerprint density at radius 1 is 1.05 bits per heavy atom. The van der Waals surface area contributed by atoms with Crippen molar-refractivity contribution >= 4 is 29.1 Å². The maximum atomic E-state index is 13.3. The first-order valence-electron chi connectivity index (χ1n) is 13.2. The van der Waals surface area contributed by atoms with Gasteiger partial charge in [-0.3, -0.25) is 24.7 Å². The Kier molecular flexibility index (Phi) is 8.55. The first kappa shape index (κ1) is 27.8. The Morgan fingerprint density at radius 3 is 2.37 bits per heavy atom. The molecule has 1 N–H and O–H groups in total. The van der Waals surface area contributed by atoms with Gasteiger partial charge in [0.25, 0.3) is 11.6 Å². The van der Waals surface area contributed by atoms with Crippen LogP contribution in [0.25, 0.3) is 0 Å². The molecule has 1 aliphatic rings. The number of nitrogens with zero attached hydrogens (tertiary/aromatic N) is 3. The van der Waals surface area contributed by atoms with Crippen LogP contribution in [0.15, 0.2) is 97.3 Å². The number of nitro benzene ring substituents is 1. The fourth-order valence-electron chi connectivity index (χ4n) is 4.99. The highest BCUT2D eigenvalue weighted by Crippen LogP contribution is 2.31. The van der Waals surface area contributed by atoms with Crippen molar-refractivity contribution in [3.63, 3.8) is 0 Å². The largest absolute Gasteiger partial charge is 0.455 e. The molecular weight excluding hydrogens is 544 g/mol. The van der Waals surface area contributed by atoms with Crippen LogP contribution in [0.2, 0.25) is 5.02 Å². The second-order valence-electron chi connectivity index (χ2n) is 9.68. The first-order valence-corrected chi connectivity index (χ1v) is 13.5. The molecule has 0 saturated carbocycles. The highest BCUT2D eigenvalue weighted by atomic mass is 35.5. The van der Waals surface area contributed by atoms with Gasteiger partial charge in [-0.1, -0.05) is 72.3 Å². The summed E-state index contributed by atoms with van der Waals surface area (Å²) in [6.07, 6.45) is 3.98. The van der Waals surface area contributed by atoms with Crippen LogP contribution in [-0.4, -0.2) is 45.8 Å². The van der Waals surface area contributed by atoms with E-state index >= 15 is 0 Å². The van der Waals surface area contributed by atoms with Crippen LogP contribution in [0.4, 0.5) is 5.69 Å². The predicted octanol–water partition coefficient (Wildman–Crippen LogP) is 5.99. The third-order valence-corrected chi connectivity index (χ3v) is 7.23. The van der Waals surface area contributed by atoms with Gasteiger partial charge >= 0.3 is 0 Å². The normalized spacial score (nSPS) is 14.7. The molecule has 0 radical (unpaired) electrons. The van der Waals surface area contributed by atoms with Crippen molar-refractivity contribution in [2.24, 2.45) is 0 Å². The van der Waals surface area contributed by atoms with Crippen molar-refractivity contribution in [2.75, 3.05) is 13.1 Å². The lowest BCUT2D eigenvalue weighted by atomic mass is 9.88. The molecule has 1 fully saturated rings. The van der Waals surface area contributed by atoms with Gasteiger partial charge in [-0.2, -0.15) is 0 Å². The number of pyridine rings is 1. The van der Waals surface area contributed by atoms with E-state index in [0.29, 0.717) is 24.5 Å². The standard InChI is InChI=1S/C31H27ClN4O5/c32-23-17-25(20-33-19-23)41-29-12-11-24(36(39)40)18-27(29)30(37)34-28-14-16-35(31(28)38)15-13-26(21-7-3-1-4-8-21)22-9-5-2-6-10-22/h1-12,17-20,26,28H,13-16H2,(H,34,37). The van der Waals surface area contributed by atoms with Gasteiger partial charge in [0.05, 0.1) is 21.7 Å². The number of non-ortho nitro benzene ring substituents is 1. The van der Waals surface area contributed by atoms with Crippen LogP contribution in [-0.2, 0) is 4.79 Å². The molecule has 4 aromatic rings. The van der Waals surface area contributed by atoms with E-state index in [9.17, 15) is 19.7 Å². The highest BCUT2D eigenvalue weighted by Gasteiger charge is 2.34. The van der Waals surface area contributed by atoms with Gasteiger partial charge in [0.1, 0.15) is 17.5 Å². The summed E-state index contributed by atoms with van der Waals surface area (Å²) in [4.78, 5) is 43.1. The number of halogens is 1. The van der Waals surface area contributed by atoms with E-state index in [1.165, 1.54) is 41.7 Å². The number of amides is 2. The number of ether oxygens (including phenoxy) is 1. The van der Waals surface area contributed by atoms with Gasteiger partial charge in [-0.15, -0.1) is 0 Å². The minimum atomic E-state index is -0.755. The molecule has 1 unspecified atom stereocenters. The van der Waals surface area contributed by atoms with Gasteiger partial charge in [0, 0.05) is 43.4 Å². The number of aromatic nitrogens is 1. The van der Waals surface area contributed by atoms with Crippen LogP contribution in [0.3, 0.4) is 0 Å². The van der Waals surface area contributed by atoms with E-state index in [1.807, 2.05) is 36.4 Å². The lowest BCUT2D eigenvalue weighted by molar-refractivity contribution is -0.384. The first-order chi connectivity index (χ1) is 19.9. The monoisotopic (exact) mass is 570 g/mol. The minimum Gasteiger partial charge on any atom is -0.455 e. The smallest absolute Gasteiger partial charge is 0.270 e. The number of nitrogens with one attached hydrogen (secondary N) is 1. The third kappa shape index (κ3) is 6.70. The molecule has 10 heteroatoms. The lowest BCUT2D eigenvalue weighted by Gasteiger charge is -2.23. The van der Waals surface area contributed by atoms with Gasteiger partial charge < -0.3 is 15.0 Å². The Balaban J connectivity index is 1.28. The van der Waals surface area contributed by atoms with Crippen molar-refractivity contribution < 1.29 is 19.2 Å². The van der Waals surface area contributed by atoms with Crippen molar-refractivity contribution in [2.45, 2.75) is 24.8 Å². The topological polar surface area (TPSA) is 115 Å². The molecule has 2 amide bonds.